The van der Waals surface area contributed by atoms with Gasteiger partial charge in [-0.15, -0.1) is 0 Å². The van der Waals surface area contributed by atoms with E-state index < -0.39 is 6.10 Å². The fourth-order valence-electron chi connectivity index (χ4n) is 1.63. The molecule has 1 amide bonds. The van der Waals surface area contributed by atoms with Gasteiger partial charge in [0, 0.05) is 6.54 Å². The zero-order valence-electron chi connectivity index (χ0n) is 7.86. The number of carbonyl (C=O) groups excluding carboxylic acids is 1. The zero-order valence-corrected chi connectivity index (χ0v) is 7.86. The SMILES string of the molecule is CC(O)C(=O)NCC1CCC(O)C1. The molecule has 1 rings (SSSR count). The maximum atomic E-state index is 11.0. The van der Waals surface area contributed by atoms with Crippen molar-refractivity contribution in [3.05, 3.63) is 0 Å². The van der Waals surface area contributed by atoms with Gasteiger partial charge in [0.1, 0.15) is 6.10 Å². The number of amides is 1. The molecule has 0 aromatic heterocycles. The lowest BCUT2D eigenvalue weighted by atomic mass is 10.1. The first kappa shape index (κ1) is 10.5. The molecule has 0 aliphatic heterocycles. The lowest BCUT2D eigenvalue weighted by molar-refractivity contribution is -0.128. The molecule has 4 nitrogen and oxygen atoms in total. The lowest BCUT2D eigenvalue weighted by Gasteiger charge is -2.11. The van der Waals surface area contributed by atoms with Crippen LogP contribution in [0.25, 0.3) is 0 Å². The van der Waals surface area contributed by atoms with Gasteiger partial charge in [-0.25, -0.2) is 0 Å². The maximum Gasteiger partial charge on any atom is 0.248 e. The summed E-state index contributed by atoms with van der Waals surface area (Å²) in [6, 6.07) is 0. The molecule has 1 aliphatic carbocycles. The molecule has 4 heteroatoms. The topological polar surface area (TPSA) is 69.6 Å². The third kappa shape index (κ3) is 3.32. The van der Waals surface area contributed by atoms with Crippen molar-refractivity contribution in [2.24, 2.45) is 5.92 Å². The molecule has 1 fully saturated rings. The van der Waals surface area contributed by atoms with Crippen LogP contribution in [0.4, 0.5) is 0 Å². The summed E-state index contributed by atoms with van der Waals surface area (Å²) in [5, 5.41) is 20.7. The minimum Gasteiger partial charge on any atom is -0.393 e. The molecule has 1 aliphatic rings. The van der Waals surface area contributed by atoms with Crippen LogP contribution in [0.3, 0.4) is 0 Å². The Hall–Kier alpha value is -0.610. The van der Waals surface area contributed by atoms with Crippen LogP contribution in [0.15, 0.2) is 0 Å². The largest absolute Gasteiger partial charge is 0.393 e. The van der Waals surface area contributed by atoms with Crippen LogP contribution in [-0.2, 0) is 4.79 Å². The first-order valence-corrected chi connectivity index (χ1v) is 4.73. The number of rotatable bonds is 3. The van der Waals surface area contributed by atoms with Crippen LogP contribution < -0.4 is 5.32 Å². The van der Waals surface area contributed by atoms with Gasteiger partial charge in [-0.05, 0) is 32.1 Å². The van der Waals surface area contributed by atoms with Crippen LogP contribution in [0.1, 0.15) is 26.2 Å². The van der Waals surface area contributed by atoms with Gasteiger partial charge in [0.05, 0.1) is 6.10 Å². The Balaban J connectivity index is 2.16. The highest BCUT2D eigenvalue weighted by Crippen LogP contribution is 2.24. The molecule has 0 aromatic rings. The molecule has 3 unspecified atom stereocenters. The van der Waals surface area contributed by atoms with Gasteiger partial charge in [0.15, 0.2) is 0 Å². The molecular formula is C9H17NO3. The Morgan fingerprint density at radius 3 is 2.77 bits per heavy atom. The van der Waals surface area contributed by atoms with E-state index in [4.69, 9.17) is 5.11 Å². The first-order chi connectivity index (χ1) is 6.09. The molecule has 0 aromatic carbocycles. The second-order valence-corrected chi connectivity index (χ2v) is 3.75. The van der Waals surface area contributed by atoms with Crippen molar-refractivity contribution in [3.63, 3.8) is 0 Å². The summed E-state index contributed by atoms with van der Waals surface area (Å²) >= 11 is 0. The fourth-order valence-corrected chi connectivity index (χ4v) is 1.63. The number of aliphatic hydroxyl groups is 2. The zero-order chi connectivity index (χ0) is 9.84. The van der Waals surface area contributed by atoms with Gasteiger partial charge in [0.25, 0.3) is 0 Å². The smallest absolute Gasteiger partial charge is 0.248 e. The van der Waals surface area contributed by atoms with E-state index in [0.29, 0.717) is 12.5 Å². The summed E-state index contributed by atoms with van der Waals surface area (Å²) in [5.74, 6) is 0.0408. The summed E-state index contributed by atoms with van der Waals surface area (Å²) < 4.78 is 0. The standard InChI is InChI=1S/C9H17NO3/c1-6(11)9(13)10-5-7-2-3-8(12)4-7/h6-8,11-12H,2-5H2,1H3,(H,10,13). The summed E-state index contributed by atoms with van der Waals surface area (Å²) in [5.41, 5.74) is 0. The Labute approximate surface area is 78.0 Å². The Bertz CT molecular complexity index is 182. The number of hydrogen-bond donors (Lipinski definition) is 3. The normalized spacial score (nSPS) is 30.1. The summed E-state index contributed by atoms with van der Waals surface area (Å²) in [6.07, 6.45) is 1.41. The van der Waals surface area contributed by atoms with Crippen LogP contribution in [0.5, 0.6) is 0 Å². The van der Waals surface area contributed by atoms with Crippen molar-refractivity contribution in [3.8, 4) is 0 Å². The van der Waals surface area contributed by atoms with Gasteiger partial charge in [-0.1, -0.05) is 0 Å². The fraction of sp³-hybridized carbons (Fsp3) is 0.889. The van der Waals surface area contributed by atoms with Crippen LogP contribution in [0.2, 0.25) is 0 Å². The first-order valence-electron chi connectivity index (χ1n) is 4.73. The molecule has 0 spiro atoms. The molecule has 1 saturated carbocycles. The summed E-state index contributed by atoms with van der Waals surface area (Å²) in [7, 11) is 0. The summed E-state index contributed by atoms with van der Waals surface area (Å²) in [4.78, 5) is 11.0. The van der Waals surface area contributed by atoms with Crippen molar-refractivity contribution < 1.29 is 15.0 Å². The highest BCUT2D eigenvalue weighted by atomic mass is 16.3. The predicted octanol–water partition coefficient (Wildman–Crippen LogP) is -0.356. The maximum absolute atomic E-state index is 11.0. The number of carbonyl (C=O) groups is 1. The van der Waals surface area contributed by atoms with Crippen LogP contribution in [0, 0.1) is 5.92 Å². The monoisotopic (exact) mass is 187 g/mol. The van der Waals surface area contributed by atoms with E-state index in [1.165, 1.54) is 6.92 Å². The Kier molecular flexibility index (Phi) is 3.69. The van der Waals surface area contributed by atoms with Crippen molar-refractivity contribution in [1.82, 2.24) is 5.32 Å². The quantitative estimate of drug-likeness (QED) is 0.565. The lowest BCUT2D eigenvalue weighted by Crippen LogP contribution is -2.35. The van der Waals surface area contributed by atoms with E-state index in [0.717, 1.165) is 19.3 Å². The average Bonchev–Trinajstić information content (AvgIpc) is 2.47. The van der Waals surface area contributed by atoms with E-state index in [1.54, 1.807) is 0 Å². The van der Waals surface area contributed by atoms with Crippen LogP contribution in [-0.4, -0.2) is 34.9 Å². The van der Waals surface area contributed by atoms with Crippen molar-refractivity contribution in [1.29, 1.82) is 0 Å². The van der Waals surface area contributed by atoms with Gasteiger partial charge in [-0.2, -0.15) is 0 Å². The van der Waals surface area contributed by atoms with E-state index in [2.05, 4.69) is 5.32 Å². The minimum absolute atomic E-state index is 0.201. The highest BCUT2D eigenvalue weighted by Gasteiger charge is 2.23. The third-order valence-corrected chi connectivity index (χ3v) is 2.46. The number of nitrogens with one attached hydrogen (secondary N) is 1. The molecule has 13 heavy (non-hydrogen) atoms. The van der Waals surface area contributed by atoms with E-state index >= 15 is 0 Å². The Morgan fingerprint density at radius 2 is 2.31 bits per heavy atom. The average molecular weight is 187 g/mol. The molecule has 0 heterocycles. The minimum atomic E-state index is -0.939. The van der Waals surface area contributed by atoms with E-state index in [1.807, 2.05) is 0 Å². The van der Waals surface area contributed by atoms with E-state index in [-0.39, 0.29) is 12.0 Å². The van der Waals surface area contributed by atoms with Crippen molar-refractivity contribution in [2.45, 2.75) is 38.4 Å². The summed E-state index contributed by atoms with van der Waals surface area (Å²) in [6.45, 7) is 2.01. The molecule has 3 N–H and O–H groups in total. The molecule has 76 valence electrons. The molecule has 0 bridgehead atoms. The number of hydrogen-bond acceptors (Lipinski definition) is 3. The van der Waals surface area contributed by atoms with Gasteiger partial charge < -0.3 is 15.5 Å². The third-order valence-electron chi connectivity index (χ3n) is 2.46. The second kappa shape index (κ2) is 4.58. The molecule has 0 saturated heterocycles. The predicted molar refractivity (Wildman–Crippen MR) is 48.0 cm³/mol. The van der Waals surface area contributed by atoms with Crippen molar-refractivity contribution in [2.75, 3.05) is 6.54 Å². The highest BCUT2D eigenvalue weighted by molar-refractivity contribution is 5.79. The van der Waals surface area contributed by atoms with Crippen LogP contribution >= 0.6 is 0 Å². The Morgan fingerprint density at radius 1 is 1.62 bits per heavy atom. The van der Waals surface area contributed by atoms with Gasteiger partial charge in [0.2, 0.25) is 5.91 Å². The molecule has 0 radical (unpaired) electrons. The van der Waals surface area contributed by atoms with E-state index in [9.17, 15) is 9.90 Å². The van der Waals surface area contributed by atoms with Gasteiger partial charge >= 0.3 is 0 Å². The molecular weight excluding hydrogens is 170 g/mol. The van der Waals surface area contributed by atoms with Crippen molar-refractivity contribution >= 4 is 5.91 Å². The molecule has 3 atom stereocenters. The second-order valence-electron chi connectivity index (χ2n) is 3.75. The van der Waals surface area contributed by atoms with Gasteiger partial charge in [-0.3, -0.25) is 4.79 Å². The number of aliphatic hydroxyl groups excluding tert-OH is 2.